The molecule has 0 saturated heterocycles. The first-order valence-corrected chi connectivity index (χ1v) is 6.93. The summed E-state index contributed by atoms with van der Waals surface area (Å²) in [7, 11) is 6.48. The van der Waals surface area contributed by atoms with Gasteiger partial charge in [0.05, 0.1) is 39.5 Å². The minimum Gasteiger partial charge on any atom is -0.388 e. The number of fused-ring (bicyclic) bond motifs is 1. The monoisotopic (exact) mass is 252 g/mol. The third kappa shape index (κ3) is 2.93. The Morgan fingerprint density at radius 1 is 1.33 bits per heavy atom. The van der Waals surface area contributed by atoms with Gasteiger partial charge in [-0.2, -0.15) is 5.10 Å². The van der Waals surface area contributed by atoms with Crippen molar-refractivity contribution in [3.05, 3.63) is 17.0 Å². The van der Waals surface area contributed by atoms with Crippen molar-refractivity contribution in [2.45, 2.75) is 45.3 Å². The first-order valence-electron chi connectivity index (χ1n) is 6.93. The second-order valence-corrected chi connectivity index (χ2v) is 6.44. The Kier molecular flexibility index (Phi) is 3.78. The van der Waals surface area contributed by atoms with Gasteiger partial charge in [-0.05, 0) is 26.2 Å². The van der Waals surface area contributed by atoms with Gasteiger partial charge in [0.2, 0.25) is 0 Å². The minimum absolute atomic E-state index is 0.357. The molecule has 0 aliphatic carbocycles. The largest absolute Gasteiger partial charge is 0.388 e. The van der Waals surface area contributed by atoms with E-state index in [2.05, 4.69) is 30.9 Å². The maximum absolute atomic E-state index is 10.4. The van der Waals surface area contributed by atoms with Gasteiger partial charge in [0.1, 0.15) is 0 Å². The van der Waals surface area contributed by atoms with Gasteiger partial charge in [-0.1, -0.05) is 0 Å². The van der Waals surface area contributed by atoms with E-state index in [0.29, 0.717) is 0 Å². The van der Waals surface area contributed by atoms with Crippen LogP contribution in [0, 0.1) is 6.92 Å². The SMILES string of the molecule is Cc1nn2c(c1C(O)CC[N+](C)(C)C)CCCC2. The van der Waals surface area contributed by atoms with Crippen LogP contribution in [0.1, 0.15) is 42.3 Å². The molecule has 0 amide bonds. The molecule has 0 saturated carbocycles. The van der Waals surface area contributed by atoms with Crippen molar-refractivity contribution in [1.29, 1.82) is 0 Å². The fourth-order valence-electron chi connectivity index (χ4n) is 2.73. The zero-order valence-corrected chi connectivity index (χ0v) is 12.1. The Morgan fingerprint density at radius 3 is 2.72 bits per heavy atom. The maximum atomic E-state index is 10.4. The Labute approximate surface area is 110 Å². The highest BCUT2D eigenvalue weighted by molar-refractivity contribution is 5.29. The summed E-state index contributed by atoms with van der Waals surface area (Å²) < 4.78 is 2.99. The van der Waals surface area contributed by atoms with Gasteiger partial charge in [0.25, 0.3) is 0 Å². The molecular weight excluding hydrogens is 226 g/mol. The van der Waals surface area contributed by atoms with Crippen molar-refractivity contribution in [3.63, 3.8) is 0 Å². The Bertz CT molecular complexity index is 417. The van der Waals surface area contributed by atoms with Gasteiger partial charge >= 0.3 is 0 Å². The highest BCUT2D eigenvalue weighted by atomic mass is 16.3. The van der Waals surface area contributed by atoms with Crippen LogP contribution in [0.4, 0.5) is 0 Å². The summed E-state index contributed by atoms with van der Waals surface area (Å²) in [5, 5.41) is 15.0. The lowest BCUT2D eigenvalue weighted by Gasteiger charge is -2.25. The van der Waals surface area contributed by atoms with Crippen LogP contribution in [0.3, 0.4) is 0 Å². The number of quaternary nitrogens is 1. The van der Waals surface area contributed by atoms with E-state index in [1.165, 1.54) is 18.5 Å². The molecule has 1 aliphatic rings. The normalized spacial score (nSPS) is 17.6. The highest BCUT2D eigenvalue weighted by Crippen LogP contribution is 2.28. The van der Waals surface area contributed by atoms with Gasteiger partial charge < -0.3 is 9.59 Å². The van der Waals surface area contributed by atoms with E-state index in [1.54, 1.807) is 0 Å². The van der Waals surface area contributed by atoms with Gasteiger partial charge in [-0.25, -0.2) is 0 Å². The van der Waals surface area contributed by atoms with E-state index >= 15 is 0 Å². The second-order valence-electron chi connectivity index (χ2n) is 6.44. The van der Waals surface area contributed by atoms with Gasteiger partial charge in [-0.3, -0.25) is 4.68 Å². The molecule has 1 aliphatic heterocycles. The lowest BCUT2D eigenvalue weighted by atomic mass is 9.99. The lowest BCUT2D eigenvalue weighted by Crippen LogP contribution is -2.36. The zero-order valence-electron chi connectivity index (χ0n) is 12.1. The van der Waals surface area contributed by atoms with Crippen molar-refractivity contribution in [1.82, 2.24) is 9.78 Å². The number of hydrogen-bond donors (Lipinski definition) is 1. The number of hydrogen-bond acceptors (Lipinski definition) is 2. The summed E-state index contributed by atoms with van der Waals surface area (Å²) in [4.78, 5) is 0. The van der Waals surface area contributed by atoms with Crippen LogP contribution < -0.4 is 0 Å². The summed E-state index contributed by atoms with van der Waals surface area (Å²) in [5.41, 5.74) is 3.39. The number of aliphatic hydroxyl groups excluding tert-OH is 1. The van der Waals surface area contributed by atoms with E-state index in [0.717, 1.165) is 41.7 Å². The van der Waals surface area contributed by atoms with E-state index in [1.807, 2.05) is 6.92 Å². The molecule has 4 heteroatoms. The van der Waals surface area contributed by atoms with Gasteiger partial charge in [-0.15, -0.1) is 0 Å². The molecule has 1 atom stereocenters. The van der Waals surface area contributed by atoms with Crippen LogP contribution in [0.5, 0.6) is 0 Å². The van der Waals surface area contributed by atoms with Crippen molar-refractivity contribution >= 4 is 0 Å². The van der Waals surface area contributed by atoms with Crippen LogP contribution in [0.2, 0.25) is 0 Å². The summed E-state index contributed by atoms with van der Waals surface area (Å²) >= 11 is 0. The smallest absolute Gasteiger partial charge is 0.0879 e. The topological polar surface area (TPSA) is 38.0 Å². The van der Waals surface area contributed by atoms with E-state index in [4.69, 9.17) is 0 Å². The molecule has 1 N–H and O–H groups in total. The van der Waals surface area contributed by atoms with Crippen molar-refractivity contribution in [2.75, 3.05) is 27.7 Å². The lowest BCUT2D eigenvalue weighted by molar-refractivity contribution is -0.871. The Morgan fingerprint density at radius 2 is 2.06 bits per heavy atom. The average molecular weight is 252 g/mol. The second kappa shape index (κ2) is 5.02. The first-order chi connectivity index (χ1) is 8.38. The Balaban J connectivity index is 2.14. The van der Waals surface area contributed by atoms with Crippen LogP contribution in [-0.4, -0.2) is 47.1 Å². The molecule has 1 unspecified atom stereocenters. The molecule has 0 bridgehead atoms. The minimum atomic E-state index is -0.357. The predicted molar refractivity (Wildman–Crippen MR) is 72.4 cm³/mol. The van der Waals surface area contributed by atoms with E-state index in [-0.39, 0.29) is 6.10 Å². The molecule has 0 aromatic carbocycles. The van der Waals surface area contributed by atoms with Crippen molar-refractivity contribution in [2.24, 2.45) is 0 Å². The summed E-state index contributed by atoms with van der Waals surface area (Å²) in [5.74, 6) is 0. The summed E-state index contributed by atoms with van der Waals surface area (Å²) in [6.07, 6.45) is 3.95. The molecule has 4 nitrogen and oxygen atoms in total. The van der Waals surface area contributed by atoms with Crippen molar-refractivity contribution < 1.29 is 9.59 Å². The first kappa shape index (κ1) is 13.6. The molecule has 2 heterocycles. The third-order valence-electron chi connectivity index (χ3n) is 3.72. The standard InChI is InChI=1S/C14H26N3O/c1-11-14(13(18)8-10-17(2,3)4)12-7-5-6-9-16(12)15-11/h13,18H,5-10H2,1-4H3/q+1. The fourth-order valence-corrected chi connectivity index (χ4v) is 2.73. The number of nitrogens with zero attached hydrogens (tertiary/aromatic N) is 3. The number of rotatable bonds is 4. The van der Waals surface area contributed by atoms with E-state index < -0.39 is 0 Å². The number of aromatic nitrogens is 2. The molecule has 0 spiro atoms. The fraction of sp³-hybridized carbons (Fsp3) is 0.786. The molecular formula is C14H26N3O+. The van der Waals surface area contributed by atoms with Crippen molar-refractivity contribution in [3.8, 4) is 0 Å². The summed E-state index contributed by atoms with van der Waals surface area (Å²) in [6, 6.07) is 0. The van der Waals surface area contributed by atoms with Gasteiger partial charge in [0, 0.05) is 24.2 Å². The molecule has 1 aromatic rings. The maximum Gasteiger partial charge on any atom is 0.0879 e. The molecule has 18 heavy (non-hydrogen) atoms. The molecule has 102 valence electrons. The predicted octanol–water partition coefficient (Wildman–Crippen LogP) is 1.66. The molecule has 1 aromatic heterocycles. The number of aryl methyl sites for hydroxylation is 2. The summed E-state index contributed by atoms with van der Waals surface area (Å²) in [6.45, 7) is 4.01. The molecule has 0 radical (unpaired) electrons. The molecule has 2 rings (SSSR count). The van der Waals surface area contributed by atoms with Crippen LogP contribution in [0.15, 0.2) is 0 Å². The quantitative estimate of drug-likeness (QED) is 0.828. The highest BCUT2D eigenvalue weighted by Gasteiger charge is 2.24. The molecule has 0 fully saturated rings. The third-order valence-corrected chi connectivity index (χ3v) is 3.72. The number of aliphatic hydroxyl groups is 1. The van der Waals surface area contributed by atoms with Crippen LogP contribution in [-0.2, 0) is 13.0 Å². The van der Waals surface area contributed by atoms with Gasteiger partial charge in [0.15, 0.2) is 0 Å². The zero-order chi connectivity index (χ0) is 13.3. The van der Waals surface area contributed by atoms with E-state index in [9.17, 15) is 5.11 Å². The van der Waals surface area contributed by atoms with Crippen LogP contribution in [0.25, 0.3) is 0 Å². The van der Waals surface area contributed by atoms with Crippen LogP contribution >= 0.6 is 0 Å². The Hall–Kier alpha value is -0.870. The average Bonchev–Trinajstić information content (AvgIpc) is 2.61.